The first kappa shape index (κ1) is 9.13. The predicted molar refractivity (Wildman–Crippen MR) is 46.4 cm³/mol. The van der Waals surface area contributed by atoms with E-state index in [1.165, 1.54) is 17.4 Å². The first-order chi connectivity index (χ1) is 5.15. The summed E-state index contributed by atoms with van der Waals surface area (Å²) in [5, 5.41) is 0. The van der Waals surface area contributed by atoms with Gasteiger partial charge in [0.05, 0.1) is 4.88 Å². The molecule has 1 rings (SSSR count). The van der Waals surface area contributed by atoms with Crippen molar-refractivity contribution in [2.75, 3.05) is 0 Å². The minimum atomic E-state index is -2.34. The van der Waals surface area contributed by atoms with Crippen LogP contribution in [0.15, 0.2) is 10.5 Å². The molecule has 1 aromatic heterocycles. The van der Waals surface area contributed by atoms with Gasteiger partial charge in [0.15, 0.2) is 0 Å². The van der Waals surface area contributed by atoms with Crippen LogP contribution in [0.25, 0.3) is 0 Å². The number of alkyl halides is 2. The van der Waals surface area contributed by atoms with Crippen LogP contribution in [0.5, 0.6) is 0 Å². The number of halogens is 3. The van der Waals surface area contributed by atoms with E-state index in [0.29, 0.717) is 0 Å². The molecule has 0 radical (unpaired) electrons. The number of hydrogen-bond acceptors (Lipinski definition) is 1. The van der Waals surface area contributed by atoms with Crippen LogP contribution in [0.2, 0.25) is 0 Å². The molecular formula is C7H7BrF2S. The van der Waals surface area contributed by atoms with Gasteiger partial charge in [0.2, 0.25) is 0 Å². The molecular weight excluding hydrogens is 234 g/mol. The van der Waals surface area contributed by atoms with Gasteiger partial charge >= 0.3 is 0 Å². The van der Waals surface area contributed by atoms with Crippen LogP contribution in [0.1, 0.15) is 23.1 Å². The normalized spacial score (nSPS) is 11.0. The Labute approximate surface area is 76.4 Å². The van der Waals surface area contributed by atoms with Gasteiger partial charge in [-0.3, -0.25) is 0 Å². The largest absolute Gasteiger partial charge is 0.272 e. The van der Waals surface area contributed by atoms with Crippen molar-refractivity contribution in [3.8, 4) is 0 Å². The summed E-state index contributed by atoms with van der Waals surface area (Å²) in [6, 6.07) is 1.49. The van der Waals surface area contributed by atoms with Crippen molar-refractivity contribution >= 4 is 27.3 Å². The van der Waals surface area contributed by atoms with Gasteiger partial charge in [-0.15, -0.1) is 11.3 Å². The third-order valence-electron chi connectivity index (χ3n) is 1.31. The zero-order valence-electron chi connectivity index (χ0n) is 5.90. The summed E-state index contributed by atoms with van der Waals surface area (Å²) < 4.78 is 25.0. The van der Waals surface area contributed by atoms with Gasteiger partial charge in [0.1, 0.15) is 0 Å². The highest BCUT2D eigenvalue weighted by Gasteiger charge is 2.12. The third-order valence-corrected chi connectivity index (χ3v) is 3.57. The van der Waals surface area contributed by atoms with Gasteiger partial charge in [-0.1, -0.05) is 6.92 Å². The lowest BCUT2D eigenvalue weighted by molar-refractivity contribution is 0.155. The Hall–Kier alpha value is 0.0400. The van der Waals surface area contributed by atoms with Gasteiger partial charge < -0.3 is 0 Å². The second kappa shape index (κ2) is 3.63. The predicted octanol–water partition coefficient (Wildman–Crippen LogP) is 4.01. The van der Waals surface area contributed by atoms with Gasteiger partial charge in [-0.25, -0.2) is 8.78 Å². The molecule has 0 aliphatic carbocycles. The van der Waals surface area contributed by atoms with Gasteiger partial charge in [-0.2, -0.15) is 0 Å². The van der Waals surface area contributed by atoms with E-state index in [2.05, 4.69) is 15.9 Å². The zero-order chi connectivity index (χ0) is 8.43. The molecule has 0 unspecified atom stereocenters. The van der Waals surface area contributed by atoms with E-state index in [-0.39, 0.29) is 4.88 Å². The Morgan fingerprint density at radius 3 is 2.55 bits per heavy atom. The average molecular weight is 241 g/mol. The van der Waals surface area contributed by atoms with Crippen LogP contribution in [-0.2, 0) is 6.42 Å². The standard InChI is InChI=1S/C7H7BrF2S/c1-2-5-4(8)3-6(11-5)7(9)10/h3,7H,2H2,1H3. The van der Waals surface area contributed by atoms with Gasteiger partial charge in [0, 0.05) is 9.35 Å². The summed E-state index contributed by atoms with van der Waals surface area (Å²) in [6.45, 7) is 1.95. The van der Waals surface area contributed by atoms with Crippen LogP contribution >= 0.6 is 27.3 Å². The summed E-state index contributed by atoms with van der Waals surface area (Å²) in [6.07, 6.45) is -1.53. The molecule has 0 aliphatic rings. The van der Waals surface area contributed by atoms with Crippen molar-refractivity contribution in [3.05, 3.63) is 20.3 Å². The van der Waals surface area contributed by atoms with Crippen molar-refractivity contribution in [2.45, 2.75) is 19.8 Å². The molecule has 0 spiro atoms. The van der Waals surface area contributed by atoms with Crippen LogP contribution in [-0.4, -0.2) is 0 Å². The molecule has 0 fully saturated rings. The second-order valence-electron chi connectivity index (χ2n) is 2.07. The maximum absolute atomic E-state index is 12.1. The molecule has 0 bridgehead atoms. The molecule has 1 heterocycles. The van der Waals surface area contributed by atoms with Crippen molar-refractivity contribution in [1.82, 2.24) is 0 Å². The first-order valence-electron chi connectivity index (χ1n) is 3.21. The molecule has 0 aliphatic heterocycles. The highest BCUT2D eigenvalue weighted by atomic mass is 79.9. The Bertz CT molecular complexity index is 245. The van der Waals surface area contributed by atoms with E-state index in [9.17, 15) is 8.78 Å². The minimum absolute atomic E-state index is 0.147. The average Bonchev–Trinajstić information content (AvgIpc) is 2.31. The molecule has 0 N–H and O–H groups in total. The fraction of sp³-hybridized carbons (Fsp3) is 0.429. The van der Waals surface area contributed by atoms with E-state index in [0.717, 1.165) is 15.8 Å². The summed E-state index contributed by atoms with van der Waals surface area (Å²) in [7, 11) is 0. The monoisotopic (exact) mass is 240 g/mol. The number of aryl methyl sites for hydroxylation is 1. The number of thiophene rings is 1. The number of rotatable bonds is 2. The third kappa shape index (κ3) is 1.99. The molecule has 1 aromatic rings. The van der Waals surface area contributed by atoms with Crippen molar-refractivity contribution in [1.29, 1.82) is 0 Å². The summed E-state index contributed by atoms with van der Waals surface area (Å²) in [5.41, 5.74) is 0. The summed E-state index contributed by atoms with van der Waals surface area (Å²) in [5.74, 6) is 0. The number of hydrogen-bond donors (Lipinski definition) is 0. The lowest BCUT2D eigenvalue weighted by Gasteiger charge is -1.89. The SMILES string of the molecule is CCc1sc(C(F)F)cc1Br. The van der Waals surface area contributed by atoms with Crippen LogP contribution in [0.4, 0.5) is 8.78 Å². The van der Waals surface area contributed by atoms with Crippen molar-refractivity contribution in [2.24, 2.45) is 0 Å². The highest BCUT2D eigenvalue weighted by molar-refractivity contribution is 9.10. The lowest BCUT2D eigenvalue weighted by atomic mass is 10.4. The van der Waals surface area contributed by atoms with Crippen LogP contribution in [0, 0.1) is 0 Å². The van der Waals surface area contributed by atoms with E-state index in [1.807, 2.05) is 6.92 Å². The summed E-state index contributed by atoms with van der Waals surface area (Å²) >= 11 is 4.39. The zero-order valence-corrected chi connectivity index (χ0v) is 8.31. The molecule has 0 saturated heterocycles. The topological polar surface area (TPSA) is 0 Å². The van der Waals surface area contributed by atoms with E-state index in [1.54, 1.807) is 0 Å². The molecule has 0 aromatic carbocycles. The van der Waals surface area contributed by atoms with Crippen LogP contribution < -0.4 is 0 Å². The maximum Gasteiger partial charge on any atom is 0.272 e. The fourth-order valence-electron chi connectivity index (χ4n) is 0.774. The maximum atomic E-state index is 12.1. The second-order valence-corrected chi connectivity index (χ2v) is 4.10. The molecule has 0 saturated carbocycles. The van der Waals surface area contributed by atoms with Crippen molar-refractivity contribution < 1.29 is 8.78 Å². The lowest BCUT2D eigenvalue weighted by Crippen LogP contribution is -1.72. The van der Waals surface area contributed by atoms with E-state index < -0.39 is 6.43 Å². The van der Waals surface area contributed by atoms with Gasteiger partial charge in [0.25, 0.3) is 6.43 Å². The highest BCUT2D eigenvalue weighted by Crippen LogP contribution is 2.33. The van der Waals surface area contributed by atoms with E-state index >= 15 is 0 Å². The Kier molecular flexibility index (Phi) is 3.01. The quantitative estimate of drug-likeness (QED) is 0.733. The molecule has 0 atom stereocenters. The molecule has 11 heavy (non-hydrogen) atoms. The Morgan fingerprint density at radius 2 is 2.27 bits per heavy atom. The molecule has 62 valence electrons. The smallest absolute Gasteiger partial charge is 0.204 e. The minimum Gasteiger partial charge on any atom is -0.204 e. The fourth-order valence-corrected chi connectivity index (χ4v) is 2.55. The molecule has 0 amide bonds. The first-order valence-corrected chi connectivity index (χ1v) is 4.82. The molecule has 0 nitrogen and oxygen atoms in total. The van der Waals surface area contributed by atoms with Crippen LogP contribution in [0.3, 0.4) is 0 Å². The molecule has 4 heteroatoms. The Morgan fingerprint density at radius 1 is 1.64 bits per heavy atom. The Balaban J connectivity index is 2.95. The van der Waals surface area contributed by atoms with Crippen molar-refractivity contribution in [3.63, 3.8) is 0 Å². The van der Waals surface area contributed by atoms with Gasteiger partial charge in [-0.05, 0) is 28.4 Å². The van der Waals surface area contributed by atoms with E-state index in [4.69, 9.17) is 0 Å². The summed E-state index contributed by atoms with van der Waals surface area (Å²) in [4.78, 5) is 1.13.